The third-order valence-corrected chi connectivity index (χ3v) is 5.11. The predicted octanol–water partition coefficient (Wildman–Crippen LogP) is 3.93. The van der Waals surface area contributed by atoms with E-state index >= 15 is 0 Å². The van der Waals surface area contributed by atoms with E-state index in [1.54, 1.807) is 6.08 Å². The lowest BCUT2D eigenvalue weighted by Crippen LogP contribution is -2.35. The maximum Gasteiger partial charge on any atom is 0.273 e. The Bertz CT molecular complexity index is 923. The number of benzene rings is 2. The molecule has 4 nitrogen and oxygen atoms in total. The molecule has 0 radical (unpaired) electrons. The first-order valence-electron chi connectivity index (χ1n) is 7.72. The molecule has 2 aromatic rings. The van der Waals surface area contributed by atoms with Crippen LogP contribution < -0.4 is 4.90 Å². The monoisotopic (exact) mass is 386 g/mol. The number of halogens is 1. The van der Waals surface area contributed by atoms with E-state index in [2.05, 4.69) is 0 Å². The van der Waals surface area contributed by atoms with Gasteiger partial charge in [-0.1, -0.05) is 48.2 Å². The molecule has 7 heteroatoms. The van der Waals surface area contributed by atoms with Crippen molar-refractivity contribution in [3.8, 4) is 0 Å². The molecule has 1 aliphatic rings. The van der Waals surface area contributed by atoms with Crippen LogP contribution in [0.2, 0.25) is 0 Å². The Morgan fingerprint density at radius 2 is 1.81 bits per heavy atom. The Hall–Kier alpha value is -2.51. The van der Waals surface area contributed by atoms with Crippen molar-refractivity contribution in [2.24, 2.45) is 0 Å². The summed E-state index contributed by atoms with van der Waals surface area (Å²) in [5, 5.41) is 0. The highest BCUT2D eigenvalue weighted by Crippen LogP contribution is 2.34. The number of carbonyl (C=O) groups excluding carboxylic acids is 2. The fraction of sp³-hybridized carbons (Fsp3) is 0.105. The smallest absolute Gasteiger partial charge is 0.273 e. The second-order valence-electron chi connectivity index (χ2n) is 5.79. The van der Waals surface area contributed by atoms with Gasteiger partial charge < -0.3 is 4.90 Å². The molecule has 0 saturated carbocycles. The van der Waals surface area contributed by atoms with Crippen molar-refractivity contribution in [3.63, 3.8) is 0 Å². The first-order valence-corrected chi connectivity index (χ1v) is 8.95. The number of rotatable bonds is 3. The van der Waals surface area contributed by atoms with E-state index in [-0.39, 0.29) is 9.88 Å². The van der Waals surface area contributed by atoms with Gasteiger partial charge in [-0.25, -0.2) is 9.29 Å². The van der Waals surface area contributed by atoms with Crippen LogP contribution in [0.3, 0.4) is 0 Å². The maximum absolute atomic E-state index is 13.9. The molecular formula is C19H15FN2O2S2. The molecule has 0 spiro atoms. The molecular weight excluding hydrogens is 371 g/mol. The van der Waals surface area contributed by atoms with Gasteiger partial charge in [-0.2, -0.15) is 0 Å². The van der Waals surface area contributed by atoms with Crippen molar-refractivity contribution in [2.45, 2.75) is 0 Å². The van der Waals surface area contributed by atoms with E-state index in [1.807, 2.05) is 43.3 Å². The SMILES string of the molecule is CN(C)c1ccc(/C=C2/SC(=S)N(C(=O)c3ccccc3F)C2=O)cc1. The van der Waals surface area contributed by atoms with Crippen LogP contribution in [0.25, 0.3) is 6.08 Å². The number of anilines is 1. The minimum atomic E-state index is -0.753. The van der Waals surface area contributed by atoms with Crippen LogP contribution in [0.15, 0.2) is 53.4 Å². The predicted molar refractivity (Wildman–Crippen MR) is 107 cm³/mol. The van der Waals surface area contributed by atoms with Crippen LogP contribution in [-0.4, -0.2) is 35.1 Å². The average molecular weight is 386 g/mol. The number of imide groups is 1. The van der Waals surface area contributed by atoms with Crippen LogP contribution in [0.5, 0.6) is 0 Å². The van der Waals surface area contributed by atoms with Crippen molar-refractivity contribution in [1.82, 2.24) is 4.90 Å². The number of hydrogen-bond donors (Lipinski definition) is 0. The summed E-state index contributed by atoms with van der Waals surface area (Å²) in [6.07, 6.45) is 1.67. The molecule has 132 valence electrons. The van der Waals surface area contributed by atoms with Gasteiger partial charge in [-0.15, -0.1) is 0 Å². The van der Waals surface area contributed by atoms with E-state index in [0.717, 1.165) is 27.9 Å². The molecule has 0 bridgehead atoms. The lowest BCUT2D eigenvalue weighted by molar-refractivity contribution is -0.120. The minimum absolute atomic E-state index is 0.0967. The summed E-state index contributed by atoms with van der Waals surface area (Å²) in [5.41, 5.74) is 1.67. The number of hydrogen-bond acceptors (Lipinski definition) is 5. The van der Waals surface area contributed by atoms with E-state index in [1.165, 1.54) is 24.3 Å². The van der Waals surface area contributed by atoms with Crippen LogP contribution in [0.1, 0.15) is 15.9 Å². The van der Waals surface area contributed by atoms with Crippen LogP contribution in [0, 0.1) is 5.82 Å². The van der Waals surface area contributed by atoms with Gasteiger partial charge in [-0.05, 0) is 35.9 Å². The van der Waals surface area contributed by atoms with Crippen molar-refractivity contribution < 1.29 is 14.0 Å². The quantitative estimate of drug-likeness (QED) is 0.454. The van der Waals surface area contributed by atoms with Crippen molar-refractivity contribution in [1.29, 1.82) is 0 Å². The highest BCUT2D eigenvalue weighted by molar-refractivity contribution is 8.26. The standard InChI is InChI=1S/C19H15FN2O2S2/c1-21(2)13-9-7-12(8-10-13)11-16-18(24)22(19(25)26-16)17(23)14-5-3-4-6-15(14)20/h3-11H,1-2H3/b16-11+. The van der Waals surface area contributed by atoms with Crippen molar-refractivity contribution in [2.75, 3.05) is 19.0 Å². The molecule has 0 aromatic heterocycles. The number of thioether (sulfide) groups is 1. The third-order valence-electron chi connectivity index (χ3n) is 3.81. The topological polar surface area (TPSA) is 40.6 Å². The van der Waals surface area contributed by atoms with Gasteiger partial charge in [0.05, 0.1) is 10.5 Å². The number of thiocarbonyl (C=S) groups is 1. The van der Waals surface area contributed by atoms with Gasteiger partial charge in [0.25, 0.3) is 11.8 Å². The molecule has 0 aliphatic carbocycles. The molecule has 1 fully saturated rings. The molecule has 2 aromatic carbocycles. The molecule has 1 saturated heterocycles. The van der Waals surface area contributed by atoms with Crippen LogP contribution >= 0.6 is 24.0 Å². The summed E-state index contributed by atoms with van der Waals surface area (Å²) < 4.78 is 14.0. The van der Waals surface area contributed by atoms with Gasteiger partial charge in [0, 0.05) is 19.8 Å². The molecule has 0 unspecified atom stereocenters. The van der Waals surface area contributed by atoms with Crippen molar-refractivity contribution >= 4 is 51.9 Å². The average Bonchev–Trinajstić information content (AvgIpc) is 2.89. The summed E-state index contributed by atoms with van der Waals surface area (Å²) in [7, 11) is 3.88. The number of amides is 2. The summed E-state index contributed by atoms with van der Waals surface area (Å²) in [6, 6.07) is 13.1. The number of nitrogens with zero attached hydrogens (tertiary/aromatic N) is 2. The first-order chi connectivity index (χ1) is 12.4. The highest BCUT2D eigenvalue weighted by atomic mass is 32.2. The summed E-state index contributed by atoms with van der Waals surface area (Å²) >= 11 is 6.19. The van der Waals surface area contributed by atoms with Gasteiger partial charge in [-0.3, -0.25) is 9.59 Å². The Kier molecular flexibility index (Phi) is 5.20. The van der Waals surface area contributed by atoms with Crippen LogP contribution in [0.4, 0.5) is 10.1 Å². The zero-order valence-corrected chi connectivity index (χ0v) is 15.7. The third kappa shape index (κ3) is 3.54. The van der Waals surface area contributed by atoms with Gasteiger partial charge in [0.15, 0.2) is 4.32 Å². The second-order valence-corrected chi connectivity index (χ2v) is 7.46. The molecule has 2 amide bonds. The Balaban J connectivity index is 1.87. The van der Waals surface area contributed by atoms with E-state index < -0.39 is 17.6 Å². The van der Waals surface area contributed by atoms with Crippen LogP contribution in [-0.2, 0) is 4.79 Å². The van der Waals surface area contributed by atoms with Gasteiger partial charge in [0.1, 0.15) is 5.82 Å². The molecule has 0 N–H and O–H groups in total. The molecule has 3 rings (SSSR count). The highest BCUT2D eigenvalue weighted by Gasteiger charge is 2.38. The second kappa shape index (κ2) is 7.39. The van der Waals surface area contributed by atoms with E-state index in [0.29, 0.717) is 4.91 Å². The van der Waals surface area contributed by atoms with Gasteiger partial charge >= 0.3 is 0 Å². The molecule has 1 aliphatic heterocycles. The fourth-order valence-corrected chi connectivity index (χ4v) is 3.67. The molecule has 26 heavy (non-hydrogen) atoms. The largest absolute Gasteiger partial charge is 0.378 e. The fourth-order valence-electron chi connectivity index (χ4n) is 2.42. The lowest BCUT2D eigenvalue weighted by atomic mass is 10.1. The van der Waals surface area contributed by atoms with Gasteiger partial charge in [0.2, 0.25) is 0 Å². The zero-order chi connectivity index (χ0) is 18.8. The molecule has 1 heterocycles. The zero-order valence-electron chi connectivity index (χ0n) is 14.1. The number of carbonyl (C=O) groups is 2. The normalized spacial score (nSPS) is 15.7. The summed E-state index contributed by atoms with van der Waals surface area (Å²) in [5.74, 6) is -1.98. The Morgan fingerprint density at radius 3 is 2.42 bits per heavy atom. The van der Waals surface area contributed by atoms with Crippen molar-refractivity contribution in [3.05, 3.63) is 70.4 Å². The Morgan fingerprint density at radius 1 is 1.15 bits per heavy atom. The lowest BCUT2D eigenvalue weighted by Gasteiger charge is -2.13. The Labute approximate surface area is 160 Å². The minimum Gasteiger partial charge on any atom is -0.378 e. The summed E-state index contributed by atoms with van der Waals surface area (Å²) in [6.45, 7) is 0. The van der Waals surface area contributed by atoms with E-state index in [9.17, 15) is 14.0 Å². The maximum atomic E-state index is 13.9. The molecule has 0 atom stereocenters. The first kappa shape index (κ1) is 18.3. The van der Waals surface area contributed by atoms with E-state index in [4.69, 9.17) is 12.2 Å². The summed E-state index contributed by atoms with van der Waals surface area (Å²) in [4.78, 5) is 28.3.